The van der Waals surface area contributed by atoms with Gasteiger partial charge in [-0.2, -0.15) is 0 Å². The monoisotopic (exact) mass is 313 g/mol. The fourth-order valence-electron chi connectivity index (χ4n) is 2.25. The van der Waals surface area contributed by atoms with Gasteiger partial charge >= 0.3 is 0 Å². The second-order valence-corrected chi connectivity index (χ2v) is 7.18. The van der Waals surface area contributed by atoms with Crippen LogP contribution in [0.5, 0.6) is 0 Å². The Morgan fingerprint density at radius 2 is 1.77 bits per heavy atom. The van der Waals surface area contributed by atoms with Gasteiger partial charge in [0.1, 0.15) is 0 Å². The SMILES string of the molecule is CCCc1ccc(NC(=O)c2ccccc2SC(C)C)cc1. The molecule has 0 aromatic heterocycles. The second kappa shape index (κ2) is 8.04. The third-order valence-electron chi connectivity index (χ3n) is 3.24. The topological polar surface area (TPSA) is 29.1 Å². The van der Waals surface area contributed by atoms with Crippen molar-refractivity contribution in [1.29, 1.82) is 0 Å². The van der Waals surface area contributed by atoms with Crippen molar-refractivity contribution in [3.8, 4) is 0 Å². The lowest BCUT2D eigenvalue weighted by molar-refractivity contribution is 0.102. The Morgan fingerprint density at radius 3 is 2.41 bits per heavy atom. The summed E-state index contributed by atoms with van der Waals surface area (Å²) in [7, 11) is 0. The minimum Gasteiger partial charge on any atom is -0.322 e. The van der Waals surface area contributed by atoms with Crippen molar-refractivity contribution in [2.45, 2.75) is 43.8 Å². The van der Waals surface area contributed by atoms with Gasteiger partial charge in [-0.05, 0) is 36.2 Å². The number of thioether (sulfide) groups is 1. The lowest BCUT2D eigenvalue weighted by Crippen LogP contribution is -2.13. The largest absolute Gasteiger partial charge is 0.322 e. The summed E-state index contributed by atoms with van der Waals surface area (Å²) in [5, 5.41) is 3.44. The number of hydrogen-bond donors (Lipinski definition) is 1. The van der Waals surface area contributed by atoms with Crippen LogP contribution in [0, 0.1) is 0 Å². The highest BCUT2D eigenvalue weighted by Gasteiger charge is 2.12. The maximum absolute atomic E-state index is 12.5. The van der Waals surface area contributed by atoms with Gasteiger partial charge < -0.3 is 5.32 Å². The summed E-state index contributed by atoms with van der Waals surface area (Å²) in [6, 6.07) is 15.9. The minimum atomic E-state index is -0.0491. The molecule has 0 aliphatic heterocycles. The molecule has 2 aromatic carbocycles. The van der Waals surface area contributed by atoms with Crippen molar-refractivity contribution >= 4 is 23.4 Å². The zero-order chi connectivity index (χ0) is 15.9. The standard InChI is InChI=1S/C19H23NOS/c1-4-7-15-10-12-16(13-11-15)20-19(21)17-8-5-6-9-18(17)22-14(2)3/h5-6,8-14H,4,7H2,1-3H3,(H,20,21). The van der Waals surface area contributed by atoms with Gasteiger partial charge in [0.2, 0.25) is 0 Å². The summed E-state index contributed by atoms with van der Waals surface area (Å²) >= 11 is 1.71. The Kier molecular flexibility index (Phi) is 6.08. The zero-order valence-electron chi connectivity index (χ0n) is 13.4. The summed E-state index contributed by atoms with van der Waals surface area (Å²) in [4.78, 5) is 13.5. The first-order valence-electron chi connectivity index (χ1n) is 7.76. The van der Waals surface area contributed by atoms with Crippen LogP contribution in [0.15, 0.2) is 53.4 Å². The van der Waals surface area contributed by atoms with Crippen molar-refractivity contribution in [1.82, 2.24) is 0 Å². The van der Waals surface area contributed by atoms with Crippen LogP contribution < -0.4 is 5.32 Å². The molecule has 22 heavy (non-hydrogen) atoms. The molecule has 0 spiro atoms. The summed E-state index contributed by atoms with van der Waals surface area (Å²) in [5.74, 6) is -0.0491. The van der Waals surface area contributed by atoms with Crippen molar-refractivity contribution < 1.29 is 4.79 Å². The molecule has 1 N–H and O–H groups in total. The third-order valence-corrected chi connectivity index (χ3v) is 4.33. The molecule has 0 unspecified atom stereocenters. The molecule has 1 amide bonds. The van der Waals surface area contributed by atoms with Gasteiger partial charge in [0.15, 0.2) is 0 Å². The van der Waals surface area contributed by atoms with Gasteiger partial charge in [-0.15, -0.1) is 11.8 Å². The van der Waals surface area contributed by atoms with E-state index >= 15 is 0 Å². The number of rotatable bonds is 6. The van der Waals surface area contributed by atoms with Gasteiger partial charge in [-0.3, -0.25) is 4.79 Å². The highest BCUT2D eigenvalue weighted by atomic mass is 32.2. The average molecular weight is 313 g/mol. The molecule has 0 aliphatic carbocycles. The van der Waals surface area contributed by atoms with Crippen LogP contribution >= 0.6 is 11.8 Å². The fourth-order valence-corrected chi connectivity index (χ4v) is 3.21. The van der Waals surface area contributed by atoms with E-state index in [0.29, 0.717) is 5.25 Å². The van der Waals surface area contributed by atoms with E-state index in [1.807, 2.05) is 36.4 Å². The van der Waals surface area contributed by atoms with E-state index in [1.165, 1.54) is 5.56 Å². The van der Waals surface area contributed by atoms with E-state index in [4.69, 9.17) is 0 Å². The predicted molar refractivity (Wildman–Crippen MR) is 95.8 cm³/mol. The molecule has 0 saturated carbocycles. The number of carbonyl (C=O) groups excluding carboxylic acids is 1. The normalized spacial score (nSPS) is 10.7. The second-order valence-electron chi connectivity index (χ2n) is 5.56. The molecular formula is C19H23NOS. The molecule has 0 saturated heterocycles. The van der Waals surface area contributed by atoms with E-state index in [9.17, 15) is 4.79 Å². The van der Waals surface area contributed by atoms with Crippen molar-refractivity contribution in [3.63, 3.8) is 0 Å². The Labute approximate surface area is 137 Å². The van der Waals surface area contributed by atoms with E-state index in [0.717, 1.165) is 29.0 Å². The number of amides is 1. The Bertz CT molecular complexity index is 620. The maximum Gasteiger partial charge on any atom is 0.256 e. The number of carbonyl (C=O) groups is 1. The number of hydrogen-bond acceptors (Lipinski definition) is 2. The zero-order valence-corrected chi connectivity index (χ0v) is 14.2. The van der Waals surface area contributed by atoms with Crippen LogP contribution in [-0.2, 0) is 6.42 Å². The Morgan fingerprint density at radius 1 is 1.09 bits per heavy atom. The van der Waals surface area contributed by atoms with E-state index < -0.39 is 0 Å². The van der Waals surface area contributed by atoms with Crippen LogP contribution in [0.25, 0.3) is 0 Å². The molecule has 0 radical (unpaired) electrons. The molecule has 116 valence electrons. The molecule has 2 rings (SSSR count). The number of anilines is 1. The Balaban J connectivity index is 2.12. The fraction of sp³-hybridized carbons (Fsp3) is 0.316. The summed E-state index contributed by atoms with van der Waals surface area (Å²) < 4.78 is 0. The molecule has 0 atom stereocenters. The van der Waals surface area contributed by atoms with Crippen LogP contribution in [0.2, 0.25) is 0 Å². The van der Waals surface area contributed by atoms with Gasteiger partial charge in [-0.25, -0.2) is 0 Å². The number of nitrogens with one attached hydrogen (secondary N) is 1. The first-order chi connectivity index (χ1) is 10.6. The van der Waals surface area contributed by atoms with Crippen LogP contribution in [0.4, 0.5) is 5.69 Å². The molecule has 2 nitrogen and oxygen atoms in total. The van der Waals surface area contributed by atoms with Gasteiger partial charge in [-0.1, -0.05) is 51.5 Å². The predicted octanol–water partition coefficient (Wildman–Crippen LogP) is 5.39. The molecule has 2 aromatic rings. The smallest absolute Gasteiger partial charge is 0.256 e. The summed E-state index contributed by atoms with van der Waals surface area (Å²) in [6.07, 6.45) is 2.20. The highest BCUT2D eigenvalue weighted by molar-refractivity contribution is 8.00. The summed E-state index contributed by atoms with van der Waals surface area (Å²) in [6.45, 7) is 6.43. The minimum absolute atomic E-state index is 0.0491. The van der Waals surface area contributed by atoms with Crippen molar-refractivity contribution in [2.24, 2.45) is 0 Å². The van der Waals surface area contributed by atoms with Crippen molar-refractivity contribution in [3.05, 3.63) is 59.7 Å². The van der Waals surface area contributed by atoms with E-state index in [1.54, 1.807) is 11.8 Å². The Hall–Kier alpha value is -1.74. The van der Waals surface area contributed by atoms with Crippen LogP contribution in [0.1, 0.15) is 43.1 Å². The molecule has 0 fully saturated rings. The summed E-state index contributed by atoms with van der Waals surface area (Å²) in [5.41, 5.74) is 2.88. The number of benzene rings is 2. The van der Waals surface area contributed by atoms with Crippen LogP contribution in [-0.4, -0.2) is 11.2 Å². The lowest BCUT2D eigenvalue weighted by Gasteiger charge is -2.11. The van der Waals surface area contributed by atoms with Gasteiger partial charge in [0.25, 0.3) is 5.91 Å². The maximum atomic E-state index is 12.5. The third kappa shape index (κ3) is 4.63. The highest BCUT2D eigenvalue weighted by Crippen LogP contribution is 2.27. The molecule has 0 aliphatic rings. The van der Waals surface area contributed by atoms with E-state index in [-0.39, 0.29) is 5.91 Å². The average Bonchev–Trinajstić information content (AvgIpc) is 2.49. The number of aryl methyl sites for hydroxylation is 1. The lowest BCUT2D eigenvalue weighted by atomic mass is 10.1. The van der Waals surface area contributed by atoms with Gasteiger partial charge in [0.05, 0.1) is 5.56 Å². The van der Waals surface area contributed by atoms with Gasteiger partial charge in [0, 0.05) is 15.8 Å². The quantitative estimate of drug-likeness (QED) is 0.724. The molecule has 0 heterocycles. The van der Waals surface area contributed by atoms with E-state index in [2.05, 4.69) is 38.2 Å². The molecule has 3 heteroatoms. The van der Waals surface area contributed by atoms with Crippen LogP contribution in [0.3, 0.4) is 0 Å². The van der Waals surface area contributed by atoms with Crippen molar-refractivity contribution in [2.75, 3.05) is 5.32 Å². The molecule has 0 bridgehead atoms. The first-order valence-corrected chi connectivity index (χ1v) is 8.64. The first kappa shape index (κ1) is 16.6. The molecular weight excluding hydrogens is 290 g/mol.